The number of hydrogen-bond acceptors (Lipinski definition) is 4. The first-order chi connectivity index (χ1) is 18.4. The minimum atomic E-state index is -1.21. The Bertz CT molecular complexity index is 1510. The van der Waals surface area contributed by atoms with Crippen LogP contribution in [0, 0.1) is 22.6 Å². The summed E-state index contributed by atoms with van der Waals surface area (Å²) in [6.07, 6.45) is 0.564. The van der Waals surface area contributed by atoms with Crippen LogP contribution in [0.2, 0.25) is 10.0 Å². The Labute approximate surface area is 236 Å². The fourth-order valence-corrected chi connectivity index (χ4v) is 6.34. The van der Waals surface area contributed by atoms with Crippen molar-refractivity contribution in [2.45, 2.75) is 50.6 Å². The summed E-state index contributed by atoms with van der Waals surface area (Å²) in [6.45, 7) is 6.23. The zero-order valence-corrected chi connectivity index (χ0v) is 23.1. The monoisotopic (exact) mass is 564 g/mol. The predicted octanol–water partition coefficient (Wildman–Crippen LogP) is 6.39. The molecule has 0 aromatic heterocycles. The molecule has 2 aliphatic rings. The minimum absolute atomic E-state index is 0.0945. The number of anilines is 2. The molecule has 39 heavy (non-hydrogen) atoms. The highest BCUT2D eigenvalue weighted by molar-refractivity contribution is 6.31. The van der Waals surface area contributed by atoms with Gasteiger partial charge in [-0.15, -0.1) is 0 Å². The molecule has 4 unspecified atom stereocenters. The second-order valence-electron chi connectivity index (χ2n) is 11.3. The number of benzene rings is 3. The standard InChI is InChI=1S/C30H27Cl2FN4O2/c1-29(2,3)14-24-30(20-10-7-18(31)13-23(20)36-28(30)39)25(17-6-11-22(33)21(32)12-17)26(37-24)27(38)35-19-8-4-16(15-34)5-9-19/h4-13,24-26,37H,14H2,1-3H3,(H,35,38)(H,36,39). The van der Waals surface area contributed by atoms with Crippen molar-refractivity contribution in [3.05, 3.63) is 93.2 Å². The maximum atomic E-state index is 14.3. The van der Waals surface area contributed by atoms with E-state index in [1.54, 1.807) is 42.5 Å². The van der Waals surface area contributed by atoms with Crippen molar-refractivity contribution in [2.75, 3.05) is 10.6 Å². The molecule has 200 valence electrons. The Morgan fingerprint density at radius 1 is 1.10 bits per heavy atom. The Balaban J connectivity index is 1.69. The highest BCUT2D eigenvalue weighted by atomic mass is 35.5. The zero-order chi connectivity index (χ0) is 28.1. The Hall–Kier alpha value is -3.44. The number of rotatable bonds is 4. The number of fused-ring (bicyclic) bond motifs is 2. The molecule has 3 N–H and O–H groups in total. The topological polar surface area (TPSA) is 94.0 Å². The summed E-state index contributed by atoms with van der Waals surface area (Å²) in [6, 6.07) is 16.9. The number of nitrogens with zero attached hydrogens (tertiary/aromatic N) is 1. The molecule has 5 rings (SSSR count). The van der Waals surface area contributed by atoms with E-state index in [1.165, 1.54) is 12.1 Å². The van der Waals surface area contributed by atoms with E-state index in [0.717, 1.165) is 5.56 Å². The molecule has 0 saturated carbocycles. The van der Waals surface area contributed by atoms with Gasteiger partial charge < -0.3 is 16.0 Å². The van der Waals surface area contributed by atoms with E-state index in [1.807, 2.05) is 6.07 Å². The molecule has 3 aromatic rings. The third-order valence-corrected chi connectivity index (χ3v) is 8.01. The zero-order valence-electron chi connectivity index (χ0n) is 21.6. The van der Waals surface area contributed by atoms with Crippen LogP contribution in [0.1, 0.15) is 49.8 Å². The maximum Gasteiger partial charge on any atom is 0.242 e. The van der Waals surface area contributed by atoms with Crippen LogP contribution in [-0.4, -0.2) is 23.9 Å². The lowest BCUT2D eigenvalue weighted by Crippen LogP contribution is -2.49. The van der Waals surface area contributed by atoms with Crippen LogP contribution in [0.15, 0.2) is 60.7 Å². The number of carbonyl (C=O) groups is 2. The Morgan fingerprint density at radius 3 is 2.46 bits per heavy atom. The fraction of sp³-hybridized carbons (Fsp3) is 0.300. The molecule has 0 radical (unpaired) electrons. The van der Waals surface area contributed by atoms with Gasteiger partial charge in [0, 0.05) is 28.4 Å². The van der Waals surface area contributed by atoms with Gasteiger partial charge in [-0.25, -0.2) is 4.39 Å². The van der Waals surface area contributed by atoms with E-state index in [9.17, 15) is 14.0 Å². The average Bonchev–Trinajstić information content (AvgIpc) is 3.35. The van der Waals surface area contributed by atoms with Crippen molar-refractivity contribution >= 4 is 46.4 Å². The molecule has 3 aromatic carbocycles. The lowest BCUT2D eigenvalue weighted by molar-refractivity contribution is -0.122. The lowest BCUT2D eigenvalue weighted by Gasteiger charge is -2.37. The van der Waals surface area contributed by atoms with E-state index in [-0.39, 0.29) is 22.3 Å². The largest absolute Gasteiger partial charge is 0.325 e. The molecule has 4 atom stereocenters. The minimum Gasteiger partial charge on any atom is -0.325 e. The van der Waals surface area contributed by atoms with E-state index >= 15 is 0 Å². The van der Waals surface area contributed by atoms with Crippen LogP contribution in [0.3, 0.4) is 0 Å². The first-order valence-corrected chi connectivity index (χ1v) is 13.3. The Kier molecular flexibility index (Phi) is 6.92. The molecular formula is C30H27Cl2FN4O2. The van der Waals surface area contributed by atoms with Gasteiger partial charge in [0.15, 0.2) is 0 Å². The molecular weight excluding hydrogens is 538 g/mol. The number of nitriles is 1. The number of hydrogen-bond donors (Lipinski definition) is 3. The summed E-state index contributed by atoms with van der Waals surface area (Å²) < 4.78 is 14.3. The highest BCUT2D eigenvalue weighted by Crippen LogP contribution is 2.56. The maximum absolute atomic E-state index is 14.3. The Morgan fingerprint density at radius 2 is 1.82 bits per heavy atom. The summed E-state index contributed by atoms with van der Waals surface area (Å²) >= 11 is 12.5. The summed E-state index contributed by atoms with van der Waals surface area (Å²) in [4.78, 5) is 28.1. The number of halogens is 3. The molecule has 0 bridgehead atoms. The smallest absolute Gasteiger partial charge is 0.242 e. The van der Waals surface area contributed by atoms with Crippen LogP contribution in [0.4, 0.5) is 15.8 Å². The van der Waals surface area contributed by atoms with Crippen molar-refractivity contribution < 1.29 is 14.0 Å². The normalized spacial score (nSPS) is 23.8. The predicted molar refractivity (Wildman–Crippen MR) is 150 cm³/mol. The first kappa shape index (κ1) is 27.1. The van der Waals surface area contributed by atoms with Gasteiger partial charge in [0.1, 0.15) is 11.2 Å². The van der Waals surface area contributed by atoms with Gasteiger partial charge in [0.25, 0.3) is 0 Å². The van der Waals surface area contributed by atoms with Gasteiger partial charge in [-0.2, -0.15) is 5.26 Å². The van der Waals surface area contributed by atoms with Crippen molar-refractivity contribution in [3.63, 3.8) is 0 Å². The highest BCUT2D eigenvalue weighted by Gasteiger charge is 2.65. The van der Waals surface area contributed by atoms with Gasteiger partial charge in [-0.3, -0.25) is 9.59 Å². The van der Waals surface area contributed by atoms with Gasteiger partial charge in [0.2, 0.25) is 11.8 Å². The SMILES string of the molecule is CC(C)(C)CC1NC(C(=O)Nc2ccc(C#N)cc2)C(c2ccc(F)c(Cl)c2)C12C(=O)Nc1cc(Cl)ccc12. The molecule has 2 amide bonds. The molecule has 1 fully saturated rings. The molecule has 2 aliphatic heterocycles. The fourth-order valence-electron chi connectivity index (χ4n) is 5.98. The van der Waals surface area contributed by atoms with Crippen molar-refractivity contribution in [2.24, 2.45) is 5.41 Å². The van der Waals surface area contributed by atoms with E-state index in [2.05, 4.69) is 42.8 Å². The molecule has 6 nitrogen and oxygen atoms in total. The molecule has 2 heterocycles. The van der Waals surface area contributed by atoms with Gasteiger partial charge >= 0.3 is 0 Å². The summed E-state index contributed by atoms with van der Waals surface area (Å²) in [5.41, 5.74) is 1.42. The van der Waals surface area contributed by atoms with Crippen LogP contribution in [0.25, 0.3) is 0 Å². The van der Waals surface area contributed by atoms with E-state index in [0.29, 0.717) is 33.9 Å². The van der Waals surface area contributed by atoms with E-state index in [4.69, 9.17) is 28.5 Å². The van der Waals surface area contributed by atoms with Crippen molar-refractivity contribution in [3.8, 4) is 6.07 Å². The van der Waals surface area contributed by atoms with Crippen LogP contribution < -0.4 is 16.0 Å². The number of amides is 2. The third-order valence-electron chi connectivity index (χ3n) is 7.49. The summed E-state index contributed by atoms with van der Waals surface area (Å²) in [5.74, 6) is -1.95. The van der Waals surface area contributed by atoms with Crippen molar-refractivity contribution in [1.29, 1.82) is 5.26 Å². The van der Waals surface area contributed by atoms with Gasteiger partial charge in [0.05, 0.1) is 22.7 Å². The molecule has 1 spiro atoms. The second kappa shape index (κ2) is 9.95. The average molecular weight is 565 g/mol. The number of nitrogens with one attached hydrogen (secondary N) is 3. The molecule has 1 saturated heterocycles. The molecule has 9 heteroatoms. The number of carbonyl (C=O) groups excluding carboxylic acids is 2. The summed E-state index contributed by atoms with van der Waals surface area (Å²) in [5, 5.41) is 18.9. The molecule has 0 aliphatic carbocycles. The third kappa shape index (κ3) is 4.78. The quantitative estimate of drug-likeness (QED) is 0.342. The van der Waals surface area contributed by atoms with Crippen LogP contribution in [0.5, 0.6) is 0 Å². The second-order valence-corrected chi connectivity index (χ2v) is 12.1. The van der Waals surface area contributed by atoms with E-state index < -0.39 is 29.2 Å². The lowest BCUT2D eigenvalue weighted by atomic mass is 9.62. The van der Waals surface area contributed by atoms with Crippen LogP contribution in [-0.2, 0) is 15.0 Å². The van der Waals surface area contributed by atoms with Crippen LogP contribution >= 0.6 is 23.2 Å². The van der Waals surface area contributed by atoms with Gasteiger partial charge in [-0.05, 0) is 71.5 Å². The van der Waals surface area contributed by atoms with Gasteiger partial charge in [-0.1, -0.05) is 56.1 Å². The van der Waals surface area contributed by atoms with Crippen molar-refractivity contribution in [1.82, 2.24) is 5.32 Å². The first-order valence-electron chi connectivity index (χ1n) is 12.6. The summed E-state index contributed by atoms with van der Waals surface area (Å²) in [7, 11) is 0.